The number of aryl methyl sites for hydroxylation is 1. The summed E-state index contributed by atoms with van der Waals surface area (Å²) in [5, 5.41) is 18.3. The molecule has 3 heterocycles. The fourth-order valence-corrected chi connectivity index (χ4v) is 7.10. The Kier molecular flexibility index (Phi) is 10.3. The summed E-state index contributed by atoms with van der Waals surface area (Å²) in [6.07, 6.45) is 4.31. The summed E-state index contributed by atoms with van der Waals surface area (Å²) in [6, 6.07) is 22.5. The molecule has 0 radical (unpaired) electrons. The average Bonchev–Trinajstić information content (AvgIpc) is 3.43. The molecule has 10 heteroatoms. The summed E-state index contributed by atoms with van der Waals surface area (Å²) >= 11 is 12.9. The van der Waals surface area contributed by atoms with Gasteiger partial charge >= 0.3 is 0 Å². The van der Waals surface area contributed by atoms with Crippen LogP contribution >= 0.6 is 23.2 Å². The molecule has 4 N–H and O–H groups in total. The van der Waals surface area contributed by atoms with E-state index in [-0.39, 0.29) is 5.91 Å². The van der Waals surface area contributed by atoms with Gasteiger partial charge in [0.05, 0.1) is 17.2 Å². The number of nitrogens with one attached hydrogen (secondary N) is 2. The Morgan fingerprint density at radius 1 is 0.957 bits per heavy atom. The van der Waals surface area contributed by atoms with Gasteiger partial charge in [-0.3, -0.25) is 14.6 Å². The summed E-state index contributed by atoms with van der Waals surface area (Å²) in [6.45, 7) is 8.36. The first kappa shape index (κ1) is 32.5. The molecule has 6 rings (SSSR count). The minimum absolute atomic E-state index is 0.0530. The van der Waals surface area contributed by atoms with Crippen LogP contribution in [0.5, 0.6) is 0 Å². The fraction of sp³-hybridized carbons (Fsp3) is 0.389. The topological polar surface area (TPSA) is 102 Å². The van der Waals surface area contributed by atoms with Crippen LogP contribution in [0.2, 0.25) is 10.0 Å². The van der Waals surface area contributed by atoms with Crippen LogP contribution in [0.1, 0.15) is 36.0 Å². The summed E-state index contributed by atoms with van der Waals surface area (Å²) in [5.41, 5.74) is 11.9. The maximum Gasteiger partial charge on any atom is 0.240 e. The van der Waals surface area contributed by atoms with Crippen molar-refractivity contribution in [3.05, 3.63) is 93.6 Å². The summed E-state index contributed by atoms with van der Waals surface area (Å²) in [4.78, 5) is 17.7. The Balaban J connectivity index is 1.13. The predicted molar refractivity (Wildman–Crippen MR) is 186 cm³/mol. The van der Waals surface area contributed by atoms with Gasteiger partial charge in [0.2, 0.25) is 5.91 Å². The summed E-state index contributed by atoms with van der Waals surface area (Å²) in [5.74, 6) is -0.0530. The smallest absolute Gasteiger partial charge is 0.240 e. The maximum atomic E-state index is 12.8. The number of nitrogens with two attached hydrogens (primary N) is 1. The molecule has 0 unspecified atom stereocenters. The predicted octanol–water partition coefficient (Wildman–Crippen LogP) is 5.39. The van der Waals surface area contributed by atoms with Crippen molar-refractivity contribution in [3.63, 3.8) is 0 Å². The number of rotatable bonds is 10. The third kappa shape index (κ3) is 7.42. The third-order valence-corrected chi connectivity index (χ3v) is 10.1. The highest BCUT2D eigenvalue weighted by molar-refractivity contribution is 6.36. The highest BCUT2D eigenvalue weighted by Gasteiger charge is 2.34. The van der Waals surface area contributed by atoms with Crippen molar-refractivity contribution in [3.8, 4) is 17.2 Å². The van der Waals surface area contributed by atoms with Crippen LogP contribution in [0, 0.1) is 11.3 Å². The van der Waals surface area contributed by atoms with Crippen LogP contribution in [0.4, 0.5) is 0 Å². The van der Waals surface area contributed by atoms with E-state index in [1.807, 2.05) is 42.5 Å². The number of fused-ring (bicyclic) bond motifs is 1. The lowest BCUT2D eigenvalue weighted by atomic mass is 9.88. The van der Waals surface area contributed by atoms with Crippen LogP contribution in [0.25, 0.3) is 22.0 Å². The first-order valence-corrected chi connectivity index (χ1v) is 16.9. The number of nitriles is 1. The molecule has 240 valence electrons. The quantitative estimate of drug-likeness (QED) is 0.198. The molecule has 0 aliphatic carbocycles. The third-order valence-electron chi connectivity index (χ3n) is 9.39. The van der Waals surface area contributed by atoms with E-state index in [2.05, 4.69) is 55.5 Å². The number of carbonyl (C=O) groups is 1. The van der Waals surface area contributed by atoms with E-state index in [0.29, 0.717) is 24.9 Å². The van der Waals surface area contributed by atoms with Gasteiger partial charge in [0.15, 0.2) is 0 Å². The van der Waals surface area contributed by atoms with Crippen molar-refractivity contribution >= 4 is 40.0 Å². The number of carbonyl (C=O) groups excluding carboxylic acids is 1. The molecule has 0 atom stereocenters. The molecule has 2 fully saturated rings. The Morgan fingerprint density at radius 3 is 2.30 bits per heavy atom. The zero-order valence-electron chi connectivity index (χ0n) is 26.1. The zero-order valence-corrected chi connectivity index (χ0v) is 27.6. The molecule has 0 saturated carbocycles. The lowest BCUT2D eigenvalue weighted by molar-refractivity contribution is -0.127. The van der Waals surface area contributed by atoms with E-state index in [9.17, 15) is 10.1 Å². The second kappa shape index (κ2) is 14.6. The van der Waals surface area contributed by atoms with E-state index < -0.39 is 5.54 Å². The van der Waals surface area contributed by atoms with Crippen molar-refractivity contribution in [2.24, 2.45) is 5.73 Å². The molecule has 4 aromatic rings. The number of piperidine rings is 1. The molecule has 2 aliphatic rings. The molecule has 3 aromatic carbocycles. The Bertz CT molecular complexity index is 1690. The zero-order chi connectivity index (χ0) is 32.1. The molecule has 2 aliphatic heterocycles. The summed E-state index contributed by atoms with van der Waals surface area (Å²) < 4.78 is 2.28. The standard InChI is InChI=1S/C36H41Cl2N7O/c37-32-3-1-4-33(38)31(32)24-44-19-17-43(18-20-44)23-27-7-10-34-29(21-27)30(28-8-5-26(22-39)6-9-28)25-45(34)16-2-13-42-35(46)36(40)11-14-41-15-12-36/h1,3-10,21,25,41H,2,11-20,23-24,40H2,(H,42,46). The first-order chi connectivity index (χ1) is 22.3. The molecule has 2 saturated heterocycles. The molecule has 1 aromatic heterocycles. The van der Waals surface area contributed by atoms with E-state index in [4.69, 9.17) is 28.9 Å². The fourth-order valence-electron chi connectivity index (χ4n) is 6.58. The van der Waals surface area contributed by atoms with Crippen LogP contribution in [-0.2, 0) is 24.4 Å². The number of nitrogens with zero attached hydrogens (tertiary/aromatic N) is 4. The van der Waals surface area contributed by atoms with Gasteiger partial charge in [-0.1, -0.05) is 47.5 Å². The number of amides is 1. The van der Waals surface area contributed by atoms with Gasteiger partial charge < -0.3 is 20.9 Å². The highest BCUT2D eigenvalue weighted by atomic mass is 35.5. The first-order valence-electron chi connectivity index (χ1n) is 16.1. The molecule has 0 bridgehead atoms. The van der Waals surface area contributed by atoms with Crippen LogP contribution in [0.3, 0.4) is 0 Å². The lowest BCUT2D eigenvalue weighted by Crippen LogP contribution is -2.59. The van der Waals surface area contributed by atoms with E-state index in [1.165, 1.54) is 10.9 Å². The minimum Gasteiger partial charge on any atom is -0.354 e. The molecule has 46 heavy (non-hydrogen) atoms. The SMILES string of the molecule is N#Cc1ccc(-c2cn(CCCNC(=O)C3(N)CCNCC3)c3ccc(CN4CCN(Cc5c(Cl)cccc5Cl)CC4)cc23)cc1. The van der Waals surface area contributed by atoms with Gasteiger partial charge in [0.1, 0.15) is 0 Å². The molecular formula is C36H41Cl2N7O. The van der Waals surface area contributed by atoms with Crippen molar-refractivity contribution in [2.45, 2.75) is 44.4 Å². The number of hydrogen-bond acceptors (Lipinski definition) is 6. The number of piperazine rings is 1. The maximum absolute atomic E-state index is 12.8. The Hall–Kier alpha value is -3.42. The average molecular weight is 659 g/mol. The van der Waals surface area contributed by atoms with Crippen LogP contribution in [0.15, 0.2) is 66.9 Å². The number of hydrogen-bond donors (Lipinski definition) is 3. The Morgan fingerprint density at radius 2 is 1.63 bits per heavy atom. The van der Waals surface area contributed by atoms with Gasteiger partial charge in [0, 0.05) is 90.6 Å². The van der Waals surface area contributed by atoms with Crippen molar-refractivity contribution in [1.29, 1.82) is 5.26 Å². The number of halogens is 2. The van der Waals surface area contributed by atoms with E-state index >= 15 is 0 Å². The molecule has 1 amide bonds. The van der Waals surface area contributed by atoms with E-state index in [1.54, 1.807) is 0 Å². The minimum atomic E-state index is -0.777. The largest absolute Gasteiger partial charge is 0.354 e. The van der Waals surface area contributed by atoms with Gasteiger partial charge in [0.25, 0.3) is 0 Å². The lowest BCUT2D eigenvalue weighted by Gasteiger charge is -2.35. The van der Waals surface area contributed by atoms with Crippen molar-refractivity contribution in [2.75, 3.05) is 45.8 Å². The number of benzene rings is 3. The normalized spacial score (nSPS) is 17.2. The molecule has 0 spiro atoms. The van der Waals surface area contributed by atoms with Gasteiger partial charge in [-0.05, 0) is 79.9 Å². The highest BCUT2D eigenvalue weighted by Crippen LogP contribution is 2.33. The molecule has 8 nitrogen and oxygen atoms in total. The van der Waals surface area contributed by atoms with Gasteiger partial charge in [-0.15, -0.1) is 0 Å². The second-order valence-electron chi connectivity index (χ2n) is 12.5. The monoisotopic (exact) mass is 657 g/mol. The second-order valence-corrected chi connectivity index (χ2v) is 13.4. The van der Waals surface area contributed by atoms with E-state index in [0.717, 1.165) is 97.6 Å². The number of aromatic nitrogens is 1. The van der Waals surface area contributed by atoms with Crippen molar-refractivity contribution < 1.29 is 4.79 Å². The van der Waals surface area contributed by atoms with Crippen LogP contribution in [-0.4, -0.2) is 71.6 Å². The Labute approximate surface area is 281 Å². The summed E-state index contributed by atoms with van der Waals surface area (Å²) in [7, 11) is 0. The van der Waals surface area contributed by atoms with Crippen LogP contribution < -0.4 is 16.4 Å². The van der Waals surface area contributed by atoms with Crippen molar-refractivity contribution in [1.82, 2.24) is 25.0 Å². The molecular weight excluding hydrogens is 617 g/mol. The van der Waals surface area contributed by atoms with Gasteiger partial charge in [-0.25, -0.2) is 0 Å². The van der Waals surface area contributed by atoms with Gasteiger partial charge in [-0.2, -0.15) is 5.26 Å².